The van der Waals surface area contributed by atoms with Crippen LogP contribution in [0.2, 0.25) is 0 Å². The summed E-state index contributed by atoms with van der Waals surface area (Å²) in [6.07, 6.45) is 4.72. The third kappa shape index (κ3) is 4.20. The Morgan fingerprint density at radius 3 is 2.85 bits per heavy atom. The largest absolute Gasteiger partial charge is 0.478 e. The van der Waals surface area contributed by atoms with Crippen molar-refractivity contribution in [3.63, 3.8) is 0 Å². The fraction of sp³-hybridized carbons (Fsp3) is 0.600. The lowest BCUT2D eigenvalue weighted by atomic mass is 9.93. The molecule has 0 aliphatic carbocycles. The Morgan fingerprint density at radius 1 is 1.45 bits per heavy atom. The van der Waals surface area contributed by atoms with Gasteiger partial charge in [-0.05, 0) is 57.7 Å². The van der Waals surface area contributed by atoms with Crippen molar-refractivity contribution in [3.05, 3.63) is 23.4 Å². The topological polar surface area (TPSA) is 71.5 Å². The minimum absolute atomic E-state index is 0.229. The lowest BCUT2D eigenvalue weighted by molar-refractivity contribution is 0.0695. The molecule has 5 nitrogen and oxygen atoms in total. The molecule has 110 valence electrons. The number of nitrogens with one attached hydrogen (secondary N) is 1. The number of piperidine rings is 1. The fourth-order valence-corrected chi connectivity index (χ4v) is 2.56. The molecule has 1 aliphatic heterocycles. The quantitative estimate of drug-likeness (QED) is 0.781. The van der Waals surface area contributed by atoms with E-state index in [1.165, 1.54) is 19.3 Å². The molecule has 5 heteroatoms. The second kappa shape index (κ2) is 7.24. The zero-order valence-corrected chi connectivity index (χ0v) is 11.9. The number of hydrogen-bond donors (Lipinski definition) is 2. The molecule has 0 spiro atoms. The number of hydrogen-bond acceptors (Lipinski definition) is 4. The van der Waals surface area contributed by atoms with Crippen molar-refractivity contribution >= 4 is 5.97 Å². The van der Waals surface area contributed by atoms with Crippen molar-refractivity contribution in [1.82, 2.24) is 10.3 Å². The summed E-state index contributed by atoms with van der Waals surface area (Å²) in [4.78, 5) is 15.0. The molecule has 20 heavy (non-hydrogen) atoms. The van der Waals surface area contributed by atoms with E-state index >= 15 is 0 Å². The molecule has 0 aromatic carbocycles. The summed E-state index contributed by atoms with van der Waals surface area (Å²) >= 11 is 0. The Bertz CT molecular complexity index is 456. The zero-order chi connectivity index (χ0) is 14.4. The molecule has 1 aliphatic rings. The number of aromatic nitrogens is 1. The van der Waals surface area contributed by atoms with Crippen molar-refractivity contribution in [1.29, 1.82) is 0 Å². The van der Waals surface area contributed by atoms with E-state index in [2.05, 4.69) is 10.3 Å². The van der Waals surface area contributed by atoms with E-state index in [0.717, 1.165) is 25.4 Å². The van der Waals surface area contributed by atoms with Crippen LogP contribution in [0.1, 0.15) is 41.7 Å². The molecule has 2 rings (SSSR count). The van der Waals surface area contributed by atoms with Gasteiger partial charge in [0.05, 0.1) is 17.9 Å². The molecule has 1 fully saturated rings. The predicted molar refractivity (Wildman–Crippen MR) is 76.3 cm³/mol. The van der Waals surface area contributed by atoms with Gasteiger partial charge in [-0.3, -0.25) is 0 Å². The fourth-order valence-electron chi connectivity index (χ4n) is 2.56. The van der Waals surface area contributed by atoms with Gasteiger partial charge in [-0.1, -0.05) is 0 Å². The molecule has 0 unspecified atom stereocenters. The van der Waals surface area contributed by atoms with E-state index in [4.69, 9.17) is 9.84 Å². The monoisotopic (exact) mass is 278 g/mol. The van der Waals surface area contributed by atoms with Crippen LogP contribution in [0.5, 0.6) is 5.88 Å². The molecule has 0 amide bonds. The Morgan fingerprint density at radius 2 is 2.20 bits per heavy atom. The lowest BCUT2D eigenvalue weighted by Gasteiger charge is -2.22. The van der Waals surface area contributed by atoms with Crippen molar-refractivity contribution in [2.45, 2.75) is 32.6 Å². The molecule has 0 bridgehead atoms. The molecular formula is C15H22N2O3. The lowest BCUT2D eigenvalue weighted by Crippen LogP contribution is -2.27. The maximum atomic E-state index is 10.9. The van der Waals surface area contributed by atoms with Crippen LogP contribution >= 0.6 is 0 Å². The van der Waals surface area contributed by atoms with E-state index in [0.29, 0.717) is 18.2 Å². The van der Waals surface area contributed by atoms with Gasteiger partial charge in [-0.15, -0.1) is 0 Å². The average Bonchev–Trinajstić information content (AvgIpc) is 2.44. The van der Waals surface area contributed by atoms with Gasteiger partial charge in [-0.25, -0.2) is 9.78 Å². The first-order chi connectivity index (χ1) is 9.66. The molecule has 0 radical (unpaired) electrons. The highest BCUT2D eigenvalue weighted by Gasteiger charge is 2.13. The Hall–Kier alpha value is -1.62. The third-order valence-electron chi connectivity index (χ3n) is 3.76. The number of carbonyl (C=O) groups is 1. The standard InChI is InChI=1S/C15H22N2O3/c1-11-13(15(18)19)4-5-14(17-11)20-10-2-3-12-6-8-16-9-7-12/h4-5,12,16H,2-3,6-10H2,1H3,(H,18,19). The normalized spacial score (nSPS) is 16.1. The smallest absolute Gasteiger partial charge is 0.337 e. The second-order valence-electron chi connectivity index (χ2n) is 5.27. The Balaban J connectivity index is 1.73. The highest BCUT2D eigenvalue weighted by molar-refractivity contribution is 5.88. The summed E-state index contributed by atoms with van der Waals surface area (Å²) in [6.45, 7) is 4.58. The van der Waals surface area contributed by atoms with Gasteiger partial charge >= 0.3 is 5.97 Å². The molecule has 0 atom stereocenters. The maximum Gasteiger partial charge on any atom is 0.337 e. The predicted octanol–water partition coefficient (Wildman–Crippen LogP) is 2.25. The molecule has 2 heterocycles. The Kier molecular flexibility index (Phi) is 5.35. The molecule has 2 N–H and O–H groups in total. The molecular weight excluding hydrogens is 256 g/mol. The van der Waals surface area contributed by atoms with Gasteiger partial charge in [0.2, 0.25) is 5.88 Å². The average molecular weight is 278 g/mol. The second-order valence-corrected chi connectivity index (χ2v) is 5.27. The number of nitrogens with zero attached hydrogens (tertiary/aromatic N) is 1. The van der Waals surface area contributed by atoms with E-state index in [9.17, 15) is 4.79 Å². The van der Waals surface area contributed by atoms with Crippen LogP contribution in [0.4, 0.5) is 0 Å². The summed E-state index contributed by atoms with van der Waals surface area (Å²) in [5, 5.41) is 12.3. The first-order valence-corrected chi connectivity index (χ1v) is 7.21. The van der Waals surface area contributed by atoms with Crippen molar-refractivity contribution < 1.29 is 14.6 Å². The third-order valence-corrected chi connectivity index (χ3v) is 3.76. The summed E-state index contributed by atoms with van der Waals surface area (Å²) in [7, 11) is 0. The summed E-state index contributed by atoms with van der Waals surface area (Å²) < 4.78 is 5.59. The van der Waals surface area contributed by atoms with E-state index in [1.807, 2.05) is 0 Å². The summed E-state index contributed by atoms with van der Waals surface area (Å²) in [5.74, 6) is 0.370. The minimum atomic E-state index is -0.951. The zero-order valence-electron chi connectivity index (χ0n) is 11.9. The number of pyridine rings is 1. The van der Waals surface area contributed by atoms with Crippen LogP contribution in [-0.4, -0.2) is 35.8 Å². The number of aromatic carboxylic acids is 1. The van der Waals surface area contributed by atoms with Gasteiger partial charge in [0.1, 0.15) is 0 Å². The van der Waals surface area contributed by atoms with Crippen LogP contribution in [0.3, 0.4) is 0 Å². The van der Waals surface area contributed by atoms with Crippen LogP contribution in [0.15, 0.2) is 12.1 Å². The van der Waals surface area contributed by atoms with Gasteiger partial charge in [0, 0.05) is 6.07 Å². The van der Waals surface area contributed by atoms with E-state index in [1.54, 1.807) is 19.1 Å². The number of rotatable bonds is 6. The maximum absolute atomic E-state index is 10.9. The van der Waals surface area contributed by atoms with Crippen LogP contribution in [0.25, 0.3) is 0 Å². The number of carboxylic acids is 1. The van der Waals surface area contributed by atoms with Crippen molar-refractivity contribution in [2.24, 2.45) is 5.92 Å². The molecule has 1 saturated heterocycles. The van der Waals surface area contributed by atoms with Crippen molar-refractivity contribution in [3.8, 4) is 5.88 Å². The first kappa shape index (κ1) is 14.8. The first-order valence-electron chi connectivity index (χ1n) is 7.21. The van der Waals surface area contributed by atoms with E-state index in [-0.39, 0.29) is 5.56 Å². The van der Waals surface area contributed by atoms with Gasteiger partial charge in [0.25, 0.3) is 0 Å². The molecule has 1 aromatic rings. The van der Waals surface area contributed by atoms with Crippen LogP contribution in [0, 0.1) is 12.8 Å². The molecule has 1 aromatic heterocycles. The van der Waals surface area contributed by atoms with E-state index < -0.39 is 5.97 Å². The number of carboxylic acid groups (broad SMARTS) is 1. The number of aryl methyl sites for hydroxylation is 1. The van der Waals surface area contributed by atoms with Gasteiger partial charge < -0.3 is 15.2 Å². The van der Waals surface area contributed by atoms with Crippen LogP contribution < -0.4 is 10.1 Å². The van der Waals surface area contributed by atoms with Crippen LogP contribution in [-0.2, 0) is 0 Å². The SMILES string of the molecule is Cc1nc(OCCCC2CCNCC2)ccc1C(=O)O. The van der Waals surface area contributed by atoms with Gasteiger partial charge in [0.15, 0.2) is 0 Å². The summed E-state index contributed by atoms with van der Waals surface area (Å²) in [5.41, 5.74) is 0.723. The molecule has 0 saturated carbocycles. The summed E-state index contributed by atoms with van der Waals surface area (Å²) in [6, 6.07) is 3.17. The van der Waals surface area contributed by atoms with Gasteiger partial charge in [-0.2, -0.15) is 0 Å². The highest BCUT2D eigenvalue weighted by atomic mass is 16.5. The highest BCUT2D eigenvalue weighted by Crippen LogP contribution is 2.18. The van der Waals surface area contributed by atoms with Crippen molar-refractivity contribution in [2.75, 3.05) is 19.7 Å². The number of ether oxygens (including phenoxy) is 1. The Labute approximate surface area is 119 Å². The minimum Gasteiger partial charge on any atom is -0.478 e.